The molecule has 0 N–H and O–H groups in total. The molecule has 0 aliphatic carbocycles. The largest absolute Gasteiger partial charge is 0.458 e. The van der Waals surface area contributed by atoms with Crippen LogP contribution in [0.4, 0.5) is 0 Å². The molecule has 2 heterocycles. The van der Waals surface area contributed by atoms with Gasteiger partial charge in [0.05, 0.1) is 22.4 Å². The molecule has 0 amide bonds. The number of para-hydroxylation sites is 2. The lowest BCUT2D eigenvalue weighted by molar-refractivity contribution is -0.146. The van der Waals surface area contributed by atoms with Crippen molar-refractivity contribution in [3.8, 4) is 11.4 Å². The van der Waals surface area contributed by atoms with Crippen LogP contribution in [0.1, 0.15) is 17.0 Å². The summed E-state index contributed by atoms with van der Waals surface area (Å²) in [6, 6.07) is 15.3. The smallest absolute Gasteiger partial charge is 0.330 e. The molecule has 8 nitrogen and oxygen atoms in total. The minimum Gasteiger partial charge on any atom is -0.458 e. The molecule has 0 saturated heterocycles. The Balaban J connectivity index is 1.40. The Bertz CT molecular complexity index is 1140. The van der Waals surface area contributed by atoms with Gasteiger partial charge >= 0.3 is 5.97 Å². The second-order valence-electron chi connectivity index (χ2n) is 6.41. The fourth-order valence-electron chi connectivity index (χ4n) is 2.70. The number of esters is 1. The highest BCUT2D eigenvalue weighted by atomic mass is 16.5. The van der Waals surface area contributed by atoms with Crippen LogP contribution < -0.4 is 0 Å². The molecule has 0 aliphatic rings. The summed E-state index contributed by atoms with van der Waals surface area (Å²) in [5, 5.41) is 12.1. The van der Waals surface area contributed by atoms with E-state index in [-0.39, 0.29) is 13.2 Å². The van der Waals surface area contributed by atoms with Crippen LogP contribution in [0.15, 0.2) is 48.5 Å². The third kappa shape index (κ3) is 3.85. The predicted octanol–water partition coefficient (Wildman–Crippen LogP) is 2.64. The summed E-state index contributed by atoms with van der Waals surface area (Å²) in [4.78, 5) is 22.4. The molecular formula is C20H18N6O2. The van der Waals surface area contributed by atoms with Crippen molar-refractivity contribution in [2.24, 2.45) is 0 Å². The maximum atomic E-state index is 12.2. The fourth-order valence-corrected chi connectivity index (χ4v) is 2.70. The molecule has 0 bridgehead atoms. The highest BCUT2D eigenvalue weighted by Crippen LogP contribution is 2.15. The van der Waals surface area contributed by atoms with Crippen LogP contribution >= 0.6 is 0 Å². The van der Waals surface area contributed by atoms with Crippen LogP contribution in [0.5, 0.6) is 0 Å². The first-order valence-electron chi connectivity index (χ1n) is 8.81. The quantitative estimate of drug-likeness (QED) is 0.496. The van der Waals surface area contributed by atoms with E-state index in [2.05, 4.69) is 25.4 Å². The number of carbonyl (C=O) groups is 1. The van der Waals surface area contributed by atoms with Gasteiger partial charge in [-0.05, 0) is 31.2 Å². The molecule has 8 heteroatoms. The summed E-state index contributed by atoms with van der Waals surface area (Å²) in [7, 11) is 0. The number of aryl methyl sites for hydroxylation is 2. The zero-order valence-electron chi connectivity index (χ0n) is 15.5. The molecule has 0 radical (unpaired) electrons. The molecule has 28 heavy (non-hydrogen) atoms. The average molecular weight is 374 g/mol. The fraction of sp³-hybridized carbons (Fsp3) is 0.200. The Hall–Kier alpha value is -3.68. The number of nitrogens with zero attached hydrogens (tertiary/aromatic N) is 6. The molecule has 2 aromatic heterocycles. The second kappa shape index (κ2) is 7.51. The molecular weight excluding hydrogens is 356 g/mol. The van der Waals surface area contributed by atoms with Gasteiger partial charge in [0.15, 0.2) is 6.54 Å². The van der Waals surface area contributed by atoms with Gasteiger partial charge in [0, 0.05) is 5.56 Å². The van der Waals surface area contributed by atoms with E-state index in [4.69, 9.17) is 4.74 Å². The third-order valence-corrected chi connectivity index (χ3v) is 4.25. The van der Waals surface area contributed by atoms with Gasteiger partial charge in [-0.2, -0.15) is 4.80 Å². The minimum atomic E-state index is -0.470. The van der Waals surface area contributed by atoms with Crippen molar-refractivity contribution < 1.29 is 9.53 Å². The molecule has 0 aliphatic heterocycles. The van der Waals surface area contributed by atoms with Crippen LogP contribution in [0.3, 0.4) is 0 Å². The first kappa shape index (κ1) is 17.7. The van der Waals surface area contributed by atoms with Crippen molar-refractivity contribution in [3.63, 3.8) is 0 Å². The number of fused-ring (bicyclic) bond motifs is 1. The van der Waals surface area contributed by atoms with Gasteiger partial charge in [-0.25, -0.2) is 14.8 Å². The van der Waals surface area contributed by atoms with E-state index in [0.717, 1.165) is 27.9 Å². The number of carbonyl (C=O) groups excluding carboxylic acids is 1. The lowest BCUT2D eigenvalue weighted by atomic mass is 10.1. The molecule has 2 aromatic carbocycles. The van der Waals surface area contributed by atoms with E-state index in [1.54, 1.807) is 0 Å². The number of benzene rings is 2. The number of hydrogen-bond acceptors (Lipinski definition) is 7. The van der Waals surface area contributed by atoms with Crippen LogP contribution in [0, 0.1) is 13.8 Å². The van der Waals surface area contributed by atoms with Crippen molar-refractivity contribution in [1.82, 2.24) is 30.2 Å². The van der Waals surface area contributed by atoms with E-state index >= 15 is 0 Å². The predicted molar refractivity (Wildman–Crippen MR) is 102 cm³/mol. The van der Waals surface area contributed by atoms with Gasteiger partial charge in [0.1, 0.15) is 6.61 Å². The Morgan fingerprint density at radius 1 is 1.00 bits per heavy atom. The van der Waals surface area contributed by atoms with Crippen LogP contribution in [0.2, 0.25) is 0 Å². The highest BCUT2D eigenvalue weighted by Gasteiger charge is 2.12. The lowest BCUT2D eigenvalue weighted by Crippen LogP contribution is -2.16. The third-order valence-electron chi connectivity index (χ3n) is 4.25. The van der Waals surface area contributed by atoms with Gasteiger partial charge in [0.2, 0.25) is 5.82 Å². The lowest BCUT2D eigenvalue weighted by Gasteiger charge is -2.07. The van der Waals surface area contributed by atoms with E-state index < -0.39 is 5.97 Å². The second-order valence-corrected chi connectivity index (χ2v) is 6.41. The number of tetrazole rings is 1. The van der Waals surface area contributed by atoms with Crippen LogP contribution in [0.25, 0.3) is 22.4 Å². The number of ether oxygens (including phenoxy) is 1. The van der Waals surface area contributed by atoms with Crippen molar-refractivity contribution >= 4 is 17.0 Å². The zero-order chi connectivity index (χ0) is 19.5. The summed E-state index contributed by atoms with van der Waals surface area (Å²) in [5.41, 5.74) is 4.91. The van der Waals surface area contributed by atoms with Crippen molar-refractivity contribution in [2.75, 3.05) is 0 Å². The van der Waals surface area contributed by atoms with Crippen molar-refractivity contribution in [1.29, 1.82) is 0 Å². The van der Waals surface area contributed by atoms with Gasteiger partial charge < -0.3 is 4.74 Å². The normalized spacial score (nSPS) is 10.9. The van der Waals surface area contributed by atoms with Gasteiger partial charge in [0.25, 0.3) is 0 Å². The molecule has 0 unspecified atom stereocenters. The summed E-state index contributed by atoms with van der Waals surface area (Å²) in [5.74, 6) is -0.00810. The van der Waals surface area contributed by atoms with Crippen molar-refractivity contribution in [3.05, 3.63) is 65.5 Å². The number of rotatable bonds is 5. The maximum Gasteiger partial charge on any atom is 0.330 e. The van der Waals surface area contributed by atoms with Crippen molar-refractivity contribution in [2.45, 2.75) is 27.0 Å². The van der Waals surface area contributed by atoms with Gasteiger partial charge in [-0.3, -0.25) is 0 Å². The average Bonchev–Trinajstić information content (AvgIpc) is 3.15. The molecule has 0 saturated carbocycles. The molecule has 4 rings (SSSR count). The Morgan fingerprint density at radius 3 is 2.46 bits per heavy atom. The Kier molecular flexibility index (Phi) is 4.76. The van der Waals surface area contributed by atoms with Gasteiger partial charge in [-0.1, -0.05) is 42.0 Å². The monoisotopic (exact) mass is 374 g/mol. The first-order chi connectivity index (χ1) is 13.6. The van der Waals surface area contributed by atoms with E-state index in [1.165, 1.54) is 4.80 Å². The summed E-state index contributed by atoms with van der Waals surface area (Å²) in [6.07, 6.45) is 0. The topological polar surface area (TPSA) is 95.7 Å². The minimum absolute atomic E-state index is 0.0437. The molecule has 4 aromatic rings. The van der Waals surface area contributed by atoms with Crippen LogP contribution in [-0.4, -0.2) is 36.1 Å². The summed E-state index contributed by atoms with van der Waals surface area (Å²) < 4.78 is 5.32. The van der Waals surface area contributed by atoms with E-state index in [0.29, 0.717) is 11.5 Å². The Labute approximate surface area is 161 Å². The number of hydrogen-bond donors (Lipinski definition) is 0. The zero-order valence-corrected chi connectivity index (χ0v) is 15.5. The molecule has 0 atom stereocenters. The highest BCUT2D eigenvalue weighted by molar-refractivity contribution is 5.74. The SMILES string of the molecule is Cc1ccc(-c2nnn(CC(=O)OCc3nc4ccccc4nc3C)n2)cc1. The number of aromatic nitrogens is 6. The van der Waals surface area contributed by atoms with Gasteiger partial charge in [-0.15, -0.1) is 10.2 Å². The van der Waals surface area contributed by atoms with E-state index in [9.17, 15) is 4.79 Å². The standard InChI is InChI=1S/C20H18N6O2/c1-13-7-9-15(10-8-13)20-23-25-26(24-20)11-19(27)28-12-18-14(2)21-16-5-3-4-6-17(16)22-18/h3-10H,11-12H2,1-2H3. The maximum absolute atomic E-state index is 12.2. The first-order valence-corrected chi connectivity index (χ1v) is 8.81. The van der Waals surface area contributed by atoms with E-state index in [1.807, 2.05) is 62.4 Å². The molecule has 0 fully saturated rings. The van der Waals surface area contributed by atoms with Crippen LogP contribution in [-0.2, 0) is 22.7 Å². The molecule has 140 valence electrons. The molecule has 0 spiro atoms. The summed E-state index contributed by atoms with van der Waals surface area (Å²) >= 11 is 0. The summed E-state index contributed by atoms with van der Waals surface area (Å²) in [6.45, 7) is 3.77. The Morgan fingerprint density at radius 2 is 1.71 bits per heavy atom.